The van der Waals surface area contributed by atoms with Gasteiger partial charge >= 0.3 is 0 Å². The first kappa shape index (κ1) is 31.1. The third kappa shape index (κ3) is 4.83. The van der Waals surface area contributed by atoms with Gasteiger partial charge in [-0.1, -0.05) is 115 Å². The summed E-state index contributed by atoms with van der Waals surface area (Å²) in [6.07, 6.45) is 0. The third-order valence-electron chi connectivity index (χ3n) is 10.6. The lowest BCUT2D eigenvalue weighted by Gasteiger charge is -2.17. The molecule has 250 valence electrons. The van der Waals surface area contributed by atoms with E-state index >= 15 is 0 Å². The van der Waals surface area contributed by atoms with E-state index in [2.05, 4.69) is 167 Å². The molecule has 10 rings (SSSR count). The second-order valence-electron chi connectivity index (χ2n) is 13.6. The van der Waals surface area contributed by atoms with Crippen LogP contribution in [0.3, 0.4) is 0 Å². The average Bonchev–Trinajstić information content (AvgIpc) is 3.76. The van der Waals surface area contributed by atoms with Crippen molar-refractivity contribution in [1.82, 2.24) is 9.13 Å². The largest absolute Gasteiger partial charge is 0.309 e. The van der Waals surface area contributed by atoms with Crippen LogP contribution in [-0.4, -0.2) is 9.13 Å². The first-order valence-electron chi connectivity index (χ1n) is 18.0. The topological polar surface area (TPSA) is 57.4 Å². The minimum absolute atomic E-state index is 0.634. The van der Waals surface area contributed by atoms with E-state index in [1.54, 1.807) is 0 Å². The van der Waals surface area contributed by atoms with Gasteiger partial charge in [-0.25, -0.2) is 0 Å². The molecule has 0 amide bonds. The highest BCUT2D eigenvalue weighted by molar-refractivity contribution is 6.15. The molecule has 0 unspecified atom stereocenters. The van der Waals surface area contributed by atoms with Crippen LogP contribution >= 0.6 is 0 Å². The second kappa shape index (κ2) is 12.5. The van der Waals surface area contributed by atoms with E-state index in [0.717, 1.165) is 88.4 Å². The summed E-state index contributed by atoms with van der Waals surface area (Å²) in [5.74, 6) is 0. The molecule has 0 fully saturated rings. The van der Waals surface area contributed by atoms with Gasteiger partial charge in [0.15, 0.2) is 0 Å². The Morgan fingerprint density at radius 3 is 1.67 bits per heavy atom. The number of para-hydroxylation sites is 3. The van der Waals surface area contributed by atoms with Gasteiger partial charge in [-0.05, 0) is 94.5 Å². The fourth-order valence-electron chi connectivity index (χ4n) is 8.26. The number of hydrogen-bond acceptors (Lipinski definition) is 2. The normalized spacial score (nSPS) is 11.3. The van der Waals surface area contributed by atoms with Crippen molar-refractivity contribution in [2.75, 3.05) is 0 Å². The molecule has 0 bridgehead atoms. The maximum Gasteiger partial charge on any atom is 0.0992 e. The van der Waals surface area contributed by atoms with E-state index in [9.17, 15) is 10.5 Å². The summed E-state index contributed by atoms with van der Waals surface area (Å²) in [4.78, 5) is 0. The van der Waals surface area contributed by atoms with Crippen molar-refractivity contribution in [3.63, 3.8) is 0 Å². The predicted molar refractivity (Wildman–Crippen MR) is 221 cm³/mol. The molecular weight excluding hydrogens is 657 g/mol. The number of rotatable bonds is 5. The Morgan fingerprint density at radius 1 is 0.333 bits per heavy atom. The number of fused-ring (bicyclic) bond motifs is 6. The minimum atomic E-state index is 0.634. The molecule has 0 aliphatic carbocycles. The van der Waals surface area contributed by atoms with Crippen LogP contribution in [0.2, 0.25) is 0 Å². The van der Waals surface area contributed by atoms with E-state index in [0.29, 0.717) is 11.1 Å². The molecule has 4 nitrogen and oxygen atoms in total. The van der Waals surface area contributed by atoms with E-state index < -0.39 is 0 Å². The zero-order valence-electron chi connectivity index (χ0n) is 29.1. The Kier molecular flexibility index (Phi) is 7.22. The number of aromatic nitrogens is 2. The number of benzene rings is 8. The highest BCUT2D eigenvalue weighted by Gasteiger charge is 2.21. The standard InChI is InChI=1S/C50H30N4/c51-31-33-12-10-15-37(28-33)53-47-23-9-8-20-42(47)46-30-35(25-27-48(46)53)38-16-4-5-17-39(38)40-18-6-7-19-41(40)43-21-11-22-44-45-29-34(32-52)24-26-49(45)54(50(43)44)36-13-2-1-3-14-36/h1-30H. The average molecular weight is 687 g/mol. The van der Waals surface area contributed by atoms with Gasteiger partial charge in [-0.3, -0.25) is 0 Å². The quantitative estimate of drug-likeness (QED) is 0.181. The van der Waals surface area contributed by atoms with Crippen molar-refractivity contribution in [2.45, 2.75) is 0 Å². The molecule has 0 saturated carbocycles. The van der Waals surface area contributed by atoms with Crippen LogP contribution in [0.1, 0.15) is 11.1 Å². The molecule has 2 heterocycles. The van der Waals surface area contributed by atoms with Gasteiger partial charge < -0.3 is 9.13 Å². The highest BCUT2D eigenvalue weighted by atomic mass is 15.0. The fourth-order valence-corrected chi connectivity index (χ4v) is 8.26. The van der Waals surface area contributed by atoms with E-state index in [1.807, 2.05) is 36.4 Å². The van der Waals surface area contributed by atoms with Crippen LogP contribution in [0.4, 0.5) is 0 Å². The molecule has 2 aromatic heterocycles. The predicted octanol–water partition coefficient (Wildman–Crippen LogP) is 12.6. The van der Waals surface area contributed by atoms with E-state index in [-0.39, 0.29) is 0 Å². The van der Waals surface area contributed by atoms with Gasteiger partial charge in [-0.2, -0.15) is 10.5 Å². The molecule has 4 heteroatoms. The maximum absolute atomic E-state index is 9.82. The van der Waals surface area contributed by atoms with Crippen LogP contribution < -0.4 is 0 Å². The lowest BCUT2D eigenvalue weighted by molar-refractivity contribution is 1.18. The molecular formula is C50H30N4. The van der Waals surface area contributed by atoms with Crippen molar-refractivity contribution in [3.8, 4) is 56.9 Å². The van der Waals surface area contributed by atoms with Crippen LogP contribution in [0, 0.1) is 22.7 Å². The Balaban J connectivity index is 1.20. The van der Waals surface area contributed by atoms with Crippen molar-refractivity contribution in [3.05, 3.63) is 193 Å². The van der Waals surface area contributed by atoms with Gasteiger partial charge in [0, 0.05) is 38.5 Å². The molecule has 0 saturated heterocycles. The Morgan fingerprint density at radius 2 is 0.870 bits per heavy atom. The number of nitriles is 2. The zero-order valence-corrected chi connectivity index (χ0v) is 29.1. The van der Waals surface area contributed by atoms with Gasteiger partial charge in [0.25, 0.3) is 0 Å². The smallest absolute Gasteiger partial charge is 0.0992 e. The lowest BCUT2D eigenvalue weighted by atomic mass is 9.88. The Bertz CT molecular complexity index is 3190. The van der Waals surface area contributed by atoms with Crippen molar-refractivity contribution < 1.29 is 0 Å². The molecule has 0 spiro atoms. The summed E-state index contributed by atoms with van der Waals surface area (Å²) in [6, 6.07) is 68.0. The monoisotopic (exact) mass is 686 g/mol. The molecule has 0 atom stereocenters. The highest BCUT2D eigenvalue weighted by Crippen LogP contribution is 2.44. The summed E-state index contributed by atoms with van der Waals surface area (Å²) in [5, 5.41) is 24.0. The van der Waals surface area contributed by atoms with Crippen LogP contribution in [-0.2, 0) is 0 Å². The minimum Gasteiger partial charge on any atom is -0.309 e. The molecule has 8 aromatic carbocycles. The molecule has 10 aromatic rings. The lowest BCUT2D eigenvalue weighted by Crippen LogP contribution is -1.96. The molecule has 0 radical (unpaired) electrons. The van der Waals surface area contributed by atoms with Gasteiger partial charge in [-0.15, -0.1) is 0 Å². The number of hydrogen-bond donors (Lipinski definition) is 0. The van der Waals surface area contributed by atoms with Crippen LogP contribution in [0.5, 0.6) is 0 Å². The van der Waals surface area contributed by atoms with Crippen molar-refractivity contribution in [2.24, 2.45) is 0 Å². The van der Waals surface area contributed by atoms with Gasteiger partial charge in [0.05, 0.1) is 45.3 Å². The Hall–Kier alpha value is -7.66. The zero-order chi connectivity index (χ0) is 36.2. The van der Waals surface area contributed by atoms with E-state index in [4.69, 9.17) is 0 Å². The molecule has 54 heavy (non-hydrogen) atoms. The molecule has 0 aliphatic heterocycles. The van der Waals surface area contributed by atoms with Gasteiger partial charge in [0.1, 0.15) is 0 Å². The maximum atomic E-state index is 9.82. The second-order valence-corrected chi connectivity index (χ2v) is 13.6. The SMILES string of the molecule is N#Cc1cccc(-n2c3ccccc3c3cc(-c4ccccc4-c4ccccc4-c4cccc5c6cc(C#N)ccc6n(-c6ccccc6)c45)ccc32)c1. The summed E-state index contributed by atoms with van der Waals surface area (Å²) in [5.41, 5.74) is 14.5. The van der Waals surface area contributed by atoms with E-state index in [1.165, 1.54) is 0 Å². The van der Waals surface area contributed by atoms with Crippen molar-refractivity contribution >= 4 is 43.6 Å². The summed E-state index contributed by atoms with van der Waals surface area (Å²) in [7, 11) is 0. The first-order valence-corrected chi connectivity index (χ1v) is 18.0. The third-order valence-corrected chi connectivity index (χ3v) is 10.6. The summed E-state index contributed by atoms with van der Waals surface area (Å²) in [6.45, 7) is 0. The fraction of sp³-hybridized carbons (Fsp3) is 0. The molecule has 0 N–H and O–H groups in total. The first-order chi connectivity index (χ1) is 26.7. The number of nitrogens with zero attached hydrogens (tertiary/aromatic N) is 4. The summed E-state index contributed by atoms with van der Waals surface area (Å²) >= 11 is 0. The molecule has 0 aliphatic rings. The van der Waals surface area contributed by atoms with Crippen molar-refractivity contribution in [1.29, 1.82) is 10.5 Å². The summed E-state index contributed by atoms with van der Waals surface area (Å²) < 4.78 is 4.59. The van der Waals surface area contributed by atoms with Crippen LogP contribution in [0.15, 0.2) is 182 Å². The van der Waals surface area contributed by atoms with Crippen LogP contribution in [0.25, 0.3) is 88.4 Å². The Labute approximate surface area is 312 Å². The van der Waals surface area contributed by atoms with Gasteiger partial charge in [0.2, 0.25) is 0 Å².